The highest BCUT2D eigenvalue weighted by molar-refractivity contribution is 5.59. The molecule has 0 spiro atoms. The standard InChI is InChI=1S/C12H16N2O2.C12H17N/c13-11-7-6-10(8-12(11)14(15)16)9-4-2-1-3-5-9;13-12-8-6-11(7-9-12)10-4-2-1-3-5-10/h6-9H,1-5,13H2;6-10H,1-5,13H2. The lowest BCUT2D eigenvalue weighted by Crippen LogP contribution is -2.05. The molecule has 0 aromatic heterocycles. The van der Waals surface area contributed by atoms with Gasteiger partial charge in [0.15, 0.2) is 0 Å². The summed E-state index contributed by atoms with van der Waals surface area (Å²) in [6, 6.07) is 13.6. The van der Waals surface area contributed by atoms with Gasteiger partial charge in [-0.25, -0.2) is 0 Å². The molecule has 0 atom stereocenters. The average molecular weight is 396 g/mol. The molecule has 0 radical (unpaired) electrons. The molecule has 0 heterocycles. The number of nitro groups is 1. The van der Waals surface area contributed by atoms with Crippen LogP contribution in [0.4, 0.5) is 17.1 Å². The van der Waals surface area contributed by atoms with E-state index in [0.29, 0.717) is 5.92 Å². The lowest BCUT2D eigenvalue weighted by Gasteiger charge is -2.21. The van der Waals surface area contributed by atoms with Crippen molar-refractivity contribution in [2.24, 2.45) is 0 Å². The molecule has 29 heavy (non-hydrogen) atoms. The minimum absolute atomic E-state index is 0.0445. The first kappa shape index (κ1) is 21.2. The number of anilines is 2. The van der Waals surface area contributed by atoms with E-state index in [1.807, 2.05) is 18.2 Å². The van der Waals surface area contributed by atoms with Crippen LogP contribution in [-0.2, 0) is 0 Å². The van der Waals surface area contributed by atoms with E-state index in [1.165, 1.54) is 56.9 Å². The van der Waals surface area contributed by atoms with E-state index >= 15 is 0 Å². The quantitative estimate of drug-likeness (QED) is 0.350. The molecule has 2 aliphatic carbocycles. The molecular weight excluding hydrogens is 362 g/mol. The summed E-state index contributed by atoms with van der Waals surface area (Å²) in [7, 11) is 0. The normalized spacial score (nSPS) is 17.9. The van der Waals surface area contributed by atoms with Gasteiger partial charge in [-0.2, -0.15) is 0 Å². The van der Waals surface area contributed by atoms with Gasteiger partial charge in [-0.15, -0.1) is 0 Å². The Labute approximate surface area is 173 Å². The molecule has 5 nitrogen and oxygen atoms in total. The Balaban J connectivity index is 0.000000169. The molecule has 0 saturated heterocycles. The zero-order valence-electron chi connectivity index (χ0n) is 17.2. The molecule has 2 aliphatic rings. The minimum atomic E-state index is -0.401. The predicted octanol–water partition coefficient (Wildman–Crippen LogP) is 6.54. The van der Waals surface area contributed by atoms with E-state index in [4.69, 9.17) is 11.5 Å². The van der Waals surface area contributed by atoms with Crippen molar-refractivity contribution < 1.29 is 4.92 Å². The van der Waals surface area contributed by atoms with Gasteiger partial charge in [-0.05, 0) is 66.8 Å². The first-order chi connectivity index (χ1) is 14.0. The summed E-state index contributed by atoms with van der Waals surface area (Å²) in [6.07, 6.45) is 13.0. The van der Waals surface area contributed by atoms with Crippen LogP contribution in [0, 0.1) is 10.1 Å². The summed E-state index contributed by atoms with van der Waals surface area (Å²) in [5.41, 5.74) is 15.0. The van der Waals surface area contributed by atoms with Crippen LogP contribution in [0.25, 0.3) is 0 Å². The molecule has 2 saturated carbocycles. The zero-order chi connectivity index (χ0) is 20.6. The molecule has 4 N–H and O–H groups in total. The Kier molecular flexibility index (Phi) is 7.50. The molecule has 5 heteroatoms. The lowest BCUT2D eigenvalue weighted by atomic mass is 9.84. The summed E-state index contributed by atoms with van der Waals surface area (Å²) in [4.78, 5) is 10.4. The Morgan fingerprint density at radius 2 is 1.21 bits per heavy atom. The van der Waals surface area contributed by atoms with E-state index in [-0.39, 0.29) is 11.4 Å². The fourth-order valence-electron chi connectivity index (χ4n) is 4.61. The SMILES string of the molecule is Nc1ccc(C2CCCCC2)cc1.Nc1ccc(C2CCCCC2)cc1[N+](=O)[O-]. The van der Waals surface area contributed by atoms with Crippen LogP contribution in [0.3, 0.4) is 0 Å². The summed E-state index contributed by atoms with van der Waals surface area (Å²) in [5.74, 6) is 1.28. The Hall–Kier alpha value is -2.56. The van der Waals surface area contributed by atoms with Gasteiger partial charge in [0.1, 0.15) is 5.69 Å². The fourth-order valence-corrected chi connectivity index (χ4v) is 4.61. The lowest BCUT2D eigenvalue weighted by molar-refractivity contribution is -0.384. The first-order valence-corrected chi connectivity index (χ1v) is 10.9. The molecule has 0 bridgehead atoms. The molecule has 0 aliphatic heterocycles. The van der Waals surface area contributed by atoms with E-state index in [9.17, 15) is 10.1 Å². The maximum atomic E-state index is 10.8. The van der Waals surface area contributed by atoms with Crippen LogP contribution < -0.4 is 11.5 Å². The fraction of sp³-hybridized carbons (Fsp3) is 0.500. The Bertz CT molecular complexity index is 792. The van der Waals surface area contributed by atoms with E-state index in [1.54, 1.807) is 12.1 Å². The first-order valence-electron chi connectivity index (χ1n) is 10.9. The largest absolute Gasteiger partial charge is 0.399 e. The number of nitrogen functional groups attached to an aromatic ring is 2. The average Bonchev–Trinajstić information content (AvgIpc) is 2.76. The van der Waals surface area contributed by atoms with Gasteiger partial charge in [-0.1, -0.05) is 56.7 Å². The second kappa shape index (κ2) is 10.3. The van der Waals surface area contributed by atoms with Crippen LogP contribution in [0.15, 0.2) is 42.5 Å². The van der Waals surface area contributed by atoms with Crippen molar-refractivity contribution in [2.45, 2.75) is 76.0 Å². The van der Waals surface area contributed by atoms with Gasteiger partial charge in [0, 0.05) is 11.8 Å². The second-order valence-corrected chi connectivity index (χ2v) is 8.41. The van der Waals surface area contributed by atoms with Crippen molar-refractivity contribution in [1.29, 1.82) is 0 Å². The van der Waals surface area contributed by atoms with Crippen LogP contribution in [0.5, 0.6) is 0 Å². The van der Waals surface area contributed by atoms with Crippen molar-refractivity contribution in [3.8, 4) is 0 Å². The highest BCUT2D eigenvalue weighted by Gasteiger charge is 2.19. The number of rotatable bonds is 3. The maximum absolute atomic E-state index is 10.8. The van der Waals surface area contributed by atoms with Crippen LogP contribution in [0.2, 0.25) is 0 Å². The van der Waals surface area contributed by atoms with Crippen molar-refractivity contribution in [3.63, 3.8) is 0 Å². The van der Waals surface area contributed by atoms with Gasteiger partial charge < -0.3 is 11.5 Å². The molecule has 0 amide bonds. The minimum Gasteiger partial charge on any atom is -0.399 e. The zero-order valence-corrected chi connectivity index (χ0v) is 17.2. The third-order valence-electron chi connectivity index (χ3n) is 6.34. The molecule has 2 aromatic carbocycles. The van der Waals surface area contributed by atoms with Crippen molar-refractivity contribution >= 4 is 17.1 Å². The molecule has 0 unspecified atom stereocenters. The number of hydrogen-bond acceptors (Lipinski definition) is 4. The number of hydrogen-bond donors (Lipinski definition) is 2. The molecule has 156 valence electrons. The van der Waals surface area contributed by atoms with Crippen LogP contribution in [-0.4, -0.2) is 4.92 Å². The van der Waals surface area contributed by atoms with Gasteiger partial charge in [0.25, 0.3) is 5.69 Å². The molecule has 2 aromatic rings. The van der Waals surface area contributed by atoms with E-state index in [2.05, 4.69) is 12.1 Å². The number of nitrogens with zero attached hydrogens (tertiary/aromatic N) is 1. The molecule has 4 rings (SSSR count). The van der Waals surface area contributed by atoms with Crippen LogP contribution >= 0.6 is 0 Å². The van der Waals surface area contributed by atoms with Crippen LogP contribution in [0.1, 0.15) is 87.2 Å². The highest BCUT2D eigenvalue weighted by atomic mass is 16.6. The topological polar surface area (TPSA) is 95.2 Å². The summed E-state index contributed by atoms with van der Waals surface area (Å²) < 4.78 is 0. The summed E-state index contributed by atoms with van der Waals surface area (Å²) in [5, 5.41) is 10.8. The Morgan fingerprint density at radius 1 is 0.724 bits per heavy atom. The Morgan fingerprint density at radius 3 is 1.72 bits per heavy atom. The predicted molar refractivity (Wildman–Crippen MR) is 120 cm³/mol. The monoisotopic (exact) mass is 395 g/mol. The third kappa shape index (κ3) is 5.96. The van der Waals surface area contributed by atoms with E-state index in [0.717, 1.165) is 30.0 Å². The van der Waals surface area contributed by atoms with Gasteiger partial charge in [-0.3, -0.25) is 10.1 Å². The maximum Gasteiger partial charge on any atom is 0.292 e. The number of nitrogens with two attached hydrogens (primary N) is 2. The van der Waals surface area contributed by atoms with Gasteiger partial charge in [0.05, 0.1) is 4.92 Å². The number of benzene rings is 2. The van der Waals surface area contributed by atoms with Crippen molar-refractivity contribution in [1.82, 2.24) is 0 Å². The van der Waals surface area contributed by atoms with E-state index < -0.39 is 4.92 Å². The van der Waals surface area contributed by atoms with Crippen molar-refractivity contribution in [2.75, 3.05) is 11.5 Å². The molecular formula is C24H33N3O2. The second-order valence-electron chi connectivity index (χ2n) is 8.41. The van der Waals surface area contributed by atoms with Gasteiger partial charge in [0.2, 0.25) is 0 Å². The van der Waals surface area contributed by atoms with Crippen molar-refractivity contribution in [3.05, 3.63) is 63.7 Å². The van der Waals surface area contributed by atoms with Gasteiger partial charge >= 0.3 is 0 Å². The highest BCUT2D eigenvalue weighted by Crippen LogP contribution is 2.35. The third-order valence-corrected chi connectivity index (χ3v) is 6.34. The smallest absolute Gasteiger partial charge is 0.292 e. The summed E-state index contributed by atoms with van der Waals surface area (Å²) >= 11 is 0. The molecule has 2 fully saturated rings. The number of nitro benzene ring substituents is 1. The summed E-state index contributed by atoms with van der Waals surface area (Å²) in [6.45, 7) is 0.